The molecular weight excluding hydrogens is 288 g/mol. The van der Waals surface area contributed by atoms with Gasteiger partial charge in [-0.15, -0.1) is 0 Å². The van der Waals surface area contributed by atoms with Gasteiger partial charge in [0.1, 0.15) is 11.4 Å². The Hall–Kier alpha value is -2.67. The van der Waals surface area contributed by atoms with E-state index in [1.165, 1.54) is 28.8 Å². The zero-order valence-corrected chi connectivity index (χ0v) is 11.6. The van der Waals surface area contributed by atoms with Gasteiger partial charge in [-0.2, -0.15) is 5.10 Å². The first-order valence-electron chi connectivity index (χ1n) is 6.07. The molecule has 0 saturated carbocycles. The number of hydrogen-bond donors (Lipinski definition) is 1. The lowest BCUT2D eigenvalue weighted by Crippen LogP contribution is -2.03. The van der Waals surface area contributed by atoms with E-state index in [1.54, 1.807) is 12.3 Å². The molecule has 0 fully saturated rings. The third-order valence-electron chi connectivity index (χ3n) is 2.64. The molecule has 0 spiro atoms. The van der Waals surface area contributed by atoms with Crippen LogP contribution < -0.4 is 0 Å². The number of carbonyl (C=O) groups is 1. The molecule has 0 radical (unpaired) electrons. The van der Waals surface area contributed by atoms with Crippen molar-refractivity contribution in [1.29, 1.82) is 0 Å². The van der Waals surface area contributed by atoms with Gasteiger partial charge >= 0.3 is 5.97 Å². The van der Waals surface area contributed by atoms with Crippen molar-refractivity contribution >= 4 is 17.7 Å². The fourth-order valence-corrected chi connectivity index (χ4v) is 2.48. The summed E-state index contributed by atoms with van der Waals surface area (Å²) in [6.07, 6.45) is 2.99. The van der Waals surface area contributed by atoms with Crippen molar-refractivity contribution in [1.82, 2.24) is 19.7 Å². The van der Waals surface area contributed by atoms with E-state index in [0.717, 1.165) is 9.92 Å². The van der Waals surface area contributed by atoms with Gasteiger partial charge in [-0.1, -0.05) is 30.0 Å². The Morgan fingerprint density at radius 1 is 1.14 bits per heavy atom. The molecule has 0 aliphatic heterocycles. The van der Waals surface area contributed by atoms with E-state index in [-0.39, 0.29) is 5.69 Å². The van der Waals surface area contributed by atoms with Crippen molar-refractivity contribution in [3.05, 3.63) is 60.7 Å². The summed E-state index contributed by atoms with van der Waals surface area (Å²) in [4.78, 5) is 20.2. The minimum atomic E-state index is -1.07. The number of benzene rings is 1. The standard InChI is InChI=1S/C14H10N4O2S/c19-14(20)11-6-7-18(17-11)12-8-13(16-9-15-12)21-10-4-2-1-3-5-10/h1-9H,(H,19,20). The average molecular weight is 298 g/mol. The summed E-state index contributed by atoms with van der Waals surface area (Å²) in [7, 11) is 0. The lowest BCUT2D eigenvalue weighted by atomic mass is 10.4. The van der Waals surface area contributed by atoms with Gasteiger partial charge in [0.2, 0.25) is 0 Å². The topological polar surface area (TPSA) is 80.9 Å². The van der Waals surface area contributed by atoms with Crippen molar-refractivity contribution in [2.75, 3.05) is 0 Å². The highest BCUT2D eigenvalue weighted by molar-refractivity contribution is 7.99. The van der Waals surface area contributed by atoms with Crippen LogP contribution in [0.2, 0.25) is 0 Å². The molecule has 0 atom stereocenters. The molecule has 104 valence electrons. The molecular formula is C14H10N4O2S. The van der Waals surface area contributed by atoms with Gasteiger partial charge in [0.15, 0.2) is 11.5 Å². The lowest BCUT2D eigenvalue weighted by Gasteiger charge is -2.03. The molecule has 0 aliphatic carbocycles. The molecule has 2 aromatic heterocycles. The molecule has 3 aromatic rings. The largest absolute Gasteiger partial charge is 0.476 e. The minimum absolute atomic E-state index is 0.0223. The minimum Gasteiger partial charge on any atom is -0.476 e. The fourth-order valence-electron chi connectivity index (χ4n) is 1.69. The van der Waals surface area contributed by atoms with Crippen LogP contribution in [0.3, 0.4) is 0 Å². The molecule has 21 heavy (non-hydrogen) atoms. The molecule has 0 amide bonds. The maximum atomic E-state index is 10.8. The van der Waals surface area contributed by atoms with Crippen molar-refractivity contribution < 1.29 is 9.90 Å². The van der Waals surface area contributed by atoms with Gasteiger partial charge in [-0.05, 0) is 18.2 Å². The second-order valence-electron chi connectivity index (χ2n) is 4.08. The fraction of sp³-hybridized carbons (Fsp3) is 0. The van der Waals surface area contributed by atoms with E-state index in [0.29, 0.717) is 5.82 Å². The first kappa shape index (κ1) is 13.3. The Morgan fingerprint density at radius 2 is 1.95 bits per heavy atom. The molecule has 0 saturated heterocycles. The van der Waals surface area contributed by atoms with Crippen molar-refractivity contribution in [2.24, 2.45) is 0 Å². The van der Waals surface area contributed by atoms with Crippen LogP contribution in [-0.4, -0.2) is 30.8 Å². The number of aromatic carboxylic acids is 1. The Morgan fingerprint density at radius 3 is 2.67 bits per heavy atom. The Bertz CT molecular complexity index is 773. The molecule has 0 aliphatic rings. The van der Waals surface area contributed by atoms with Crippen LogP contribution >= 0.6 is 11.8 Å². The van der Waals surface area contributed by atoms with Crippen LogP contribution in [0.4, 0.5) is 0 Å². The summed E-state index contributed by atoms with van der Waals surface area (Å²) in [5.41, 5.74) is -0.0223. The van der Waals surface area contributed by atoms with Gasteiger partial charge in [-0.3, -0.25) is 0 Å². The number of rotatable bonds is 4. The first-order chi connectivity index (χ1) is 10.2. The summed E-state index contributed by atoms with van der Waals surface area (Å²) < 4.78 is 1.42. The van der Waals surface area contributed by atoms with Crippen LogP contribution in [0.5, 0.6) is 0 Å². The van der Waals surface area contributed by atoms with E-state index in [4.69, 9.17) is 5.11 Å². The van der Waals surface area contributed by atoms with Gasteiger partial charge < -0.3 is 5.11 Å². The van der Waals surface area contributed by atoms with E-state index in [9.17, 15) is 4.79 Å². The van der Waals surface area contributed by atoms with Crippen LogP contribution in [0.15, 0.2) is 64.9 Å². The van der Waals surface area contributed by atoms with Crippen LogP contribution in [-0.2, 0) is 0 Å². The second kappa shape index (κ2) is 5.76. The van der Waals surface area contributed by atoms with Gasteiger partial charge in [0.25, 0.3) is 0 Å². The summed E-state index contributed by atoms with van der Waals surface area (Å²) >= 11 is 1.50. The third kappa shape index (κ3) is 3.09. The maximum absolute atomic E-state index is 10.8. The van der Waals surface area contributed by atoms with Gasteiger partial charge in [0.05, 0.1) is 0 Å². The number of aromatic nitrogens is 4. The second-order valence-corrected chi connectivity index (χ2v) is 5.17. The van der Waals surface area contributed by atoms with Crippen LogP contribution in [0, 0.1) is 0 Å². The van der Waals surface area contributed by atoms with Gasteiger partial charge in [-0.25, -0.2) is 19.4 Å². The molecule has 1 N–H and O–H groups in total. The van der Waals surface area contributed by atoms with Crippen LogP contribution in [0.1, 0.15) is 10.5 Å². The lowest BCUT2D eigenvalue weighted by molar-refractivity contribution is 0.0690. The SMILES string of the molecule is O=C(O)c1ccn(-c2cc(Sc3ccccc3)ncn2)n1. The molecule has 2 heterocycles. The maximum Gasteiger partial charge on any atom is 0.356 e. The smallest absolute Gasteiger partial charge is 0.356 e. The summed E-state index contributed by atoms with van der Waals surface area (Å²) in [5.74, 6) is -0.544. The number of nitrogens with zero attached hydrogens (tertiary/aromatic N) is 4. The average Bonchev–Trinajstić information content (AvgIpc) is 2.99. The molecule has 3 rings (SSSR count). The van der Waals surface area contributed by atoms with Crippen molar-refractivity contribution in [3.63, 3.8) is 0 Å². The summed E-state index contributed by atoms with van der Waals surface area (Å²) in [6, 6.07) is 13.0. The Kier molecular flexibility index (Phi) is 3.65. The zero-order chi connectivity index (χ0) is 14.7. The van der Waals surface area contributed by atoms with Crippen molar-refractivity contribution in [3.8, 4) is 5.82 Å². The zero-order valence-electron chi connectivity index (χ0n) is 10.7. The highest BCUT2D eigenvalue weighted by atomic mass is 32.2. The van der Waals surface area contributed by atoms with Crippen LogP contribution in [0.25, 0.3) is 5.82 Å². The molecule has 7 heteroatoms. The normalized spacial score (nSPS) is 10.5. The molecule has 0 unspecified atom stereocenters. The van der Waals surface area contributed by atoms with E-state index >= 15 is 0 Å². The first-order valence-corrected chi connectivity index (χ1v) is 6.88. The Balaban J connectivity index is 1.87. The summed E-state index contributed by atoms with van der Waals surface area (Å²) in [6.45, 7) is 0. The van der Waals surface area contributed by atoms with Gasteiger partial charge in [0, 0.05) is 17.2 Å². The van der Waals surface area contributed by atoms with Crippen molar-refractivity contribution in [2.45, 2.75) is 9.92 Å². The summed E-state index contributed by atoms with van der Waals surface area (Å²) in [5, 5.41) is 13.6. The highest BCUT2D eigenvalue weighted by Gasteiger charge is 2.09. The number of carboxylic acid groups (broad SMARTS) is 1. The third-order valence-corrected chi connectivity index (χ3v) is 3.58. The van der Waals surface area contributed by atoms with E-state index in [1.807, 2.05) is 30.3 Å². The highest BCUT2D eigenvalue weighted by Crippen LogP contribution is 2.25. The van der Waals surface area contributed by atoms with E-state index < -0.39 is 5.97 Å². The predicted molar refractivity (Wildman–Crippen MR) is 76.7 cm³/mol. The number of carboxylic acids is 1. The predicted octanol–water partition coefficient (Wildman–Crippen LogP) is 2.51. The molecule has 6 nitrogen and oxygen atoms in total. The molecule has 0 bridgehead atoms. The number of hydrogen-bond acceptors (Lipinski definition) is 5. The monoisotopic (exact) mass is 298 g/mol. The van der Waals surface area contributed by atoms with E-state index in [2.05, 4.69) is 15.1 Å². The molecule has 1 aromatic carbocycles. The Labute approximate surface area is 124 Å². The quantitative estimate of drug-likeness (QED) is 0.745.